The molecule has 1 aliphatic rings. The summed E-state index contributed by atoms with van der Waals surface area (Å²) in [6.45, 7) is 17.2. The summed E-state index contributed by atoms with van der Waals surface area (Å²) >= 11 is 0. The highest BCUT2D eigenvalue weighted by Gasteiger charge is 2.31. The number of hydrogen-bond donors (Lipinski definition) is 0. The topological polar surface area (TPSA) is 12.5 Å². The number of ether oxygens (including phenoxy) is 1. The fourth-order valence-electron chi connectivity index (χ4n) is 4.14. The third kappa shape index (κ3) is 5.32. The second-order valence-electron chi connectivity index (χ2n) is 9.42. The van der Waals surface area contributed by atoms with Gasteiger partial charge in [0.25, 0.3) is 0 Å². The molecule has 136 valence electrons. The van der Waals surface area contributed by atoms with Crippen LogP contribution in [0.1, 0.15) is 59.1 Å². The fraction of sp³-hybridized carbons (Fsp3) is 0.727. The van der Waals surface area contributed by atoms with Crippen molar-refractivity contribution in [2.75, 3.05) is 26.7 Å². The van der Waals surface area contributed by atoms with E-state index in [-0.39, 0.29) is 11.0 Å². The Morgan fingerprint density at radius 1 is 1.00 bits per heavy atom. The van der Waals surface area contributed by atoms with Crippen LogP contribution in [0.25, 0.3) is 0 Å². The Balaban J connectivity index is 2.04. The molecule has 0 amide bonds. The number of likely N-dealkylation sites (tertiary alicyclic amines) is 1. The van der Waals surface area contributed by atoms with Crippen molar-refractivity contribution in [2.45, 2.75) is 65.4 Å². The van der Waals surface area contributed by atoms with E-state index in [1.165, 1.54) is 30.6 Å². The van der Waals surface area contributed by atoms with Gasteiger partial charge in [0, 0.05) is 33.2 Å². The standard InChI is InChI=1S/C22H37NO/c1-17-12-18(2)15-23(14-17)16-22(6,24-7)13-19-8-10-20(11-9-19)21(3,4)5/h8-11,17-18H,12-16H2,1-7H3. The van der Waals surface area contributed by atoms with Gasteiger partial charge in [-0.2, -0.15) is 0 Å². The molecule has 0 aromatic heterocycles. The number of methoxy groups -OCH3 is 1. The minimum atomic E-state index is -0.125. The molecule has 3 atom stereocenters. The molecule has 0 spiro atoms. The minimum absolute atomic E-state index is 0.125. The molecule has 0 radical (unpaired) electrons. The maximum atomic E-state index is 5.97. The molecule has 0 N–H and O–H groups in total. The predicted molar refractivity (Wildman–Crippen MR) is 104 cm³/mol. The van der Waals surface area contributed by atoms with Crippen molar-refractivity contribution in [3.05, 3.63) is 35.4 Å². The van der Waals surface area contributed by atoms with Crippen molar-refractivity contribution in [1.29, 1.82) is 0 Å². The molecule has 1 heterocycles. The Hall–Kier alpha value is -0.860. The van der Waals surface area contributed by atoms with Gasteiger partial charge in [0.05, 0.1) is 5.60 Å². The largest absolute Gasteiger partial charge is 0.377 e. The zero-order valence-electron chi connectivity index (χ0n) is 16.9. The molecule has 1 saturated heterocycles. The van der Waals surface area contributed by atoms with E-state index in [1.54, 1.807) is 0 Å². The SMILES string of the molecule is COC(C)(Cc1ccc(C(C)(C)C)cc1)CN1CC(C)CC(C)C1. The van der Waals surface area contributed by atoms with Crippen molar-refractivity contribution < 1.29 is 4.74 Å². The number of piperidine rings is 1. The minimum Gasteiger partial charge on any atom is -0.377 e. The van der Waals surface area contributed by atoms with Crippen molar-refractivity contribution in [3.8, 4) is 0 Å². The molecular weight excluding hydrogens is 294 g/mol. The van der Waals surface area contributed by atoms with Crippen LogP contribution in [-0.2, 0) is 16.6 Å². The van der Waals surface area contributed by atoms with Crippen LogP contribution in [0.5, 0.6) is 0 Å². The van der Waals surface area contributed by atoms with E-state index < -0.39 is 0 Å². The summed E-state index contributed by atoms with van der Waals surface area (Å²) in [5, 5.41) is 0. The molecule has 2 heteroatoms. The second-order valence-corrected chi connectivity index (χ2v) is 9.42. The van der Waals surface area contributed by atoms with E-state index in [9.17, 15) is 0 Å². The van der Waals surface area contributed by atoms with E-state index in [0.29, 0.717) is 0 Å². The van der Waals surface area contributed by atoms with Crippen LogP contribution < -0.4 is 0 Å². The molecule has 1 aromatic rings. The molecule has 24 heavy (non-hydrogen) atoms. The lowest BCUT2D eigenvalue weighted by molar-refractivity contribution is -0.0340. The molecule has 1 aliphatic heterocycles. The first-order valence-electron chi connectivity index (χ1n) is 9.48. The lowest BCUT2D eigenvalue weighted by atomic mass is 9.85. The number of hydrogen-bond acceptors (Lipinski definition) is 2. The van der Waals surface area contributed by atoms with Crippen LogP contribution in [0.15, 0.2) is 24.3 Å². The molecular formula is C22H37NO. The quantitative estimate of drug-likeness (QED) is 0.760. The average molecular weight is 332 g/mol. The molecule has 2 nitrogen and oxygen atoms in total. The second kappa shape index (κ2) is 7.58. The molecule has 0 aliphatic carbocycles. The van der Waals surface area contributed by atoms with E-state index in [0.717, 1.165) is 24.8 Å². The van der Waals surface area contributed by atoms with Crippen molar-refractivity contribution >= 4 is 0 Å². The maximum Gasteiger partial charge on any atom is 0.0817 e. The Labute approximate surface area is 149 Å². The molecule has 1 aromatic carbocycles. The monoisotopic (exact) mass is 331 g/mol. The van der Waals surface area contributed by atoms with Gasteiger partial charge in [0.15, 0.2) is 0 Å². The molecule has 3 unspecified atom stereocenters. The first-order valence-corrected chi connectivity index (χ1v) is 9.48. The summed E-state index contributed by atoms with van der Waals surface area (Å²) in [6.07, 6.45) is 2.32. The Morgan fingerprint density at radius 3 is 2.00 bits per heavy atom. The van der Waals surface area contributed by atoms with Gasteiger partial charge < -0.3 is 4.74 Å². The highest BCUT2D eigenvalue weighted by Crippen LogP contribution is 2.27. The molecule has 2 rings (SSSR count). The van der Waals surface area contributed by atoms with E-state index in [4.69, 9.17) is 4.74 Å². The summed E-state index contributed by atoms with van der Waals surface area (Å²) in [5.41, 5.74) is 2.85. The normalized spacial score (nSPS) is 25.5. The van der Waals surface area contributed by atoms with E-state index >= 15 is 0 Å². The van der Waals surface area contributed by atoms with Crippen LogP contribution in [0.4, 0.5) is 0 Å². The van der Waals surface area contributed by atoms with Crippen LogP contribution in [0.2, 0.25) is 0 Å². The first-order chi connectivity index (χ1) is 11.1. The van der Waals surface area contributed by atoms with Gasteiger partial charge in [-0.1, -0.05) is 58.9 Å². The number of nitrogens with zero attached hydrogens (tertiary/aromatic N) is 1. The van der Waals surface area contributed by atoms with Crippen molar-refractivity contribution in [2.24, 2.45) is 11.8 Å². The van der Waals surface area contributed by atoms with Crippen LogP contribution in [0.3, 0.4) is 0 Å². The predicted octanol–water partition coefficient (Wildman–Crippen LogP) is 4.91. The first kappa shape index (κ1) is 19.5. The zero-order chi connectivity index (χ0) is 18.0. The lowest BCUT2D eigenvalue weighted by Crippen LogP contribution is -2.49. The summed E-state index contributed by atoms with van der Waals surface area (Å²) in [7, 11) is 1.86. The van der Waals surface area contributed by atoms with Gasteiger partial charge >= 0.3 is 0 Å². The van der Waals surface area contributed by atoms with E-state index in [1.807, 2.05) is 7.11 Å². The molecule has 1 fully saturated rings. The Kier molecular flexibility index (Phi) is 6.14. The third-order valence-electron chi connectivity index (χ3n) is 5.39. The third-order valence-corrected chi connectivity index (χ3v) is 5.39. The number of benzene rings is 1. The summed E-state index contributed by atoms with van der Waals surface area (Å²) < 4.78 is 5.97. The highest BCUT2D eigenvalue weighted by atomic mass is 16.5. The van der Waals surface area contributed by atoms with Gasteiger partial charge in [-0.05, 0) is 41.7 Å². The summed E-state index contributed by atoms with van der Waals surface area (Å²) in [6, 6.07) is 9.10. The zero-order valence-corrected chi connectivity index (χ0v) is 16.9. The maximum absolute atomic E-state index is 5.97. The van der Waals surface area contributed by atoms with Gasteiger partial charge in [-0.3, -0.25) is 4.90 Å². The van der Waals surface area contributed by atoms with Gasteiger partial charge in [0.1, 0.15) is 0 Å². The lowest BCUT2D eigenvalue weighted by Gasteiger charge is -2.40. The van der Waals surface area contributed by atoms with Crippen LogP contribution in [0, 0.1) is 11.8 Å². The van der Waals surface area contributed by atoms with E-state index in [2.05, 4.69) is 70.7 Å². The Bertz CT molecular complexity index is 506. The summed E-state index contributed by atoms with van der Waals surface area (Å²) in [5.74, 6) is 1.59. The molecule has 0 bridgehead atoms. The fourth-order valence-corrected chi connectivity index (χ4v) is 4.14. The van der Waals surface area contributed by atoms with Gasteiger partial charge in [-0.25, -0.2) is 0 Å². The van der Waals surface area contributed by atoms with Gasteiger partial charge in [-0.15, -0.1) is 0 Å². The van der Waals surface area contributed by atoms with Crippen LogP contribution >= 0.6 is 0 Å². The molecule has 0 saturated carbocycles. The number of rotatable bonds is 5. The van der Waals surface area contributed by atoms with Crippen LogP contribution in [-0.4, -0.2) is 37.2 Å². The van der Waals surface area contributed by atoms with Crippen molar-refractivity contribution in [1.82, 2.24) is 4.90 Å². The summed E-state index contributed by atoms with van der Waals surface area (Å²) in [4.78, 5) is 2.60. The van der Waals surface area contributed by atoms with Crippen molar-refractivity contribution in [3.63, 3.8) is 0 Å². The Morgan fingerprint density at radius 2 is 1.54 bits per heavy atom. The smallest absolute Gasteiger partial charge is 0.0817 e. The van der Waals surface area contributed by atoms with Gasteiger partial charge in [0.2, 0.25) is 0 Å². The average Bonchev–Trinajstić information content (AvgIpc) is 2.45. The highest BCUT2D eigenvalue weighted by molar-refractivity contribution is 5.28.